The molecular formula is C15H15F3N5O2+. The second kappa shape index (κ2) is 6.54. The highest BCUT2D eigenvalue weighted by Crippen LogP contribution is 2.28. The molecule has 2 aromatic rings. The van der Waals surface area contributed by atoms with Gasteiger partial charge in [-0.05, 0) is 12.1 Å². The minimum atomic E-state index is -4.39. The fourth-order valence-corrected chi connectivity index (χ4v) is 2.57. The lowest BCUT2D eigenvalue weighted by atomic mass is 10.2. The van der Waals surface area contributed by atoms with Crippen molar-refractivity contribution >= 4 is 11.7 Å². The summed E-state index contributed by atoms with van der Waals surface area (Å²) < 4.78 is 37.7. The van der Waals surface area contributed by atoms with E-state index in [1.165, 1.54) is 18.2 Å². The van der Waals surface area contributed by atoms with Crippen molar-refractivity contribution in [2.24, 2.45) is 0 Å². The fraction of sp³-hybridized carbons (Fsp3) is 0.333. The molecule has 3 heterocycles. The van der Waals surface area contributed by atoms with E-state index in [9.17, 15) is 22.8 Å². The number of nitrogens with one attached hydrogen (secondary N) is 2. The Morgan fingerprint density at radius 1 is 1.12 bits per heavy atom. The van der Waals surface area contributed by atoms with Crippen molar-refractivity contribution in [1.82, 2.24) is 15.1 Å². The number of alkyl halides is 3. The predicted molar refractivity (Wildman–Crippen MR) is 81.0 cm³/mol. The topological polar surface area (TPSA) is 83.4 Å². The number of piperazine rings is 1. The Bertz CT molecular complexity index is 791. The molecule has 0 unspecified atom stereocenters. The molecular weight excluding hydrogens is 339 g/mol. The van der Waals surface area contributed by atoms with E-state index in [0.717, 1.165) is 12.3 Å². The lowest BCUT2D eigenvalue weighted by molar-refractivity contribution is -0.367. The van der Waals surface area contributed by atoms with Gasteiger partial charge in [-0.3, -0.25) is 14.5 Å². The number of rotatable bonds is 2. The molecule has 7 nitrogen and oxygen atoms in total. The standard InChI is InChI=1S/C15H14F3N5O2/c16-15(17,18)10-1-3-12(19-9-10)22-5-7-23(8-6-22)14(25)11-2-4-13(24)21-20-11/h1-4,9H,5-8H2,(H,21,24)/p+1. The summed E-state index contributed by atoms with van der Waals surface area (Å²) in [7, 11) is 0. The molecule has 0 spiro atoms. The molecule has 25 heavy (non-hydrogen) atoms. The van der Waals surface area contributed by atoms with E-state index in [4.69, 9.17) is 0 Å². The van der Waals surface area contributed by atoms with Gasteiger partial charge in [-0.2, -0.15) is 18.3 Å². The quantitative estimate of drug-likeness (QED) is 0.855. The minimum absolute atomic E-state index is 0.147. The highest BCUT2D eigenvalue weighted by atomic mass is 19.4. The van der Waals surface area contributed by atoms with E-state index in [2.05, 4.69) is 15.2 Å². The van der Waals surface area contributed by atoms with Crippen molar-refractivity contribution < 1.29 is 22.9 Å². The van der Waals surface area contributed by atoms with Crippen LogP contribution in [0.2, 0.25) is 0 Å². The van der Waals surface area contributed by atoms with Crippen LogP contribution in [0.5, 0.6) is 0 Å². The second-order valence-electron chi connectivity index (χ2n) is 5.55. The Morgan fingerprint density at radius 3 is 2.36 bits per heavy atom. The molecule has 0 aliphatic carbocycles. The number of halogens is 3. The molecule has 1 amide bonds. The van der Waals surface area contributed by atoms with Crippen molar-refractivity contribution in [2.45, 2.75) is 6.18 Å². The zero-order valence-corrected chi connectivity index (χ0v) is 13.0. The smallest absolute Gasteiger partial charge is 0.329 e. The molecule has 2 aromatic heterocycles. The highest BCUT2D eigenvalue weighted by Gasteiger charge is 2.33. The van der Waals surface area contributed by atoms with Gasteiger partial charge in [0.25, 0.3) is 17.3 Å². The van der Waals surface area contributed by atoms with Gasteiger partial charge in [-0.1, -0.05) is 0 Å². The number of nitrogens with zero attached hydrogens (tertiary/aromatic N) is 3. The van der Waals surface area contributed by atoms with Crippen LogP contribution in [0.25, 0.3) is 0 Å². The van der Waals surface area contributed by atoms with Crippen molar-refractivity contribution in [1.29, 1.82) is 0 Å². The number of amides is 1. The first kappa shape index (κ1) is 16.9. The van der Waals surface area contributed by atoms with E-state index in [1.54, 1.807) is 4.90 Å². The summed E-state index contributed by atoms with van der Waals surface area (Å²) in [6.07, 6.45) is -3.46. The van der Waals surface area contributed by atoms with Crippen molar-refractivity contribution in [3.05, 3.63) is 52.1 Å². The largest absolute Gasteiger partial charge is 0.419 e. The molecule has 1 saturated heterocycles. The summed E-state index contributed by atoms with van der Waals surface area (Å²) >= 11 is 0. The van der Waals surface area contributed by atoms with Crippen LogP contribution in [0.3, 0.4) is 0 Å². The maximum Gasteiger partial charge on any atom is 0.419 e. The summed E-state index contributed by atoms with van der Waals surface area (Å²) in [5, 5.41) is 5.92. The first-order valence-corrected chi connectivity index (χ1v) is 7.53. The zero-order valence-electron chi connectivity index (χ0n) is 13.0. The Morgan fingerprint density at radius 2 is 1.84 bits per heavy atom. The van der Waals surface area contributed by atoms with Gasteiger partial charge in [0.05, 0.1) is 18.7 Å². The molecule has 132 valence electrons. The number of H-pyrrole nitrogens is 2. The van der Waals surface area contributed by atoms with Crippen LogP contribution in [0.4, 0.5) is 19.0 Å². The molecule has 0 atom stereocenters. The molecule has 1 aliphatic rings. The monoisotopic (exact) mass is 354 g/mol. The number of hydrogen-bond donors (Lipinski definition) is 1. The number of aromatic amines is 2. The molecule has 0 saturated carbocycles. The minimum Gasteiger partial charge on any atom is -0.329 e. The average Bonchev–Trinajstić information content (AvgIpc) is 2.61. The molecule has 3 rings (SSSR count). The number of carbonyl (C=O) groups excluding carboxylic acids is 1. The van der Waals surface area contributed by atoms with Gasteiger partial charge < -0.3 is 4.90 Å². The number of anilines is 1. The summed E-state index contributed by atoms with van der Waals surface area (Å²) in [4.78, 5) is 29.4. The number of pyridine rings is 1. The third kappa shape index (κ3) is 3.78. The van der Waals surface area contributed by atoms with Crippen LogP contribution in [-0.2, 0) is 6.18 Å². The summed E-state index contributed by atoms with van der Waals surface area (Å²) in [5.41, 5.74) is -0.984. The highest BCUT2D eigenvalue weighted by molar-refractivity contribution is 5.92. The van der Waals surface area contributed by atoms with E-state index in [1.807, 2.05) is 4.90 Å². The number of carbonyl (C=O) groups is 1. The summed E-state index contributed by atoms with van der Waals surface area (Å²) in [6, 6.07) is 4.99. The predicted octanol–water partition coefficient (Wildman–Crippen LogP) is 0.565. The van der Waals surface area contributed by atoms with Crippen molar-refractivity contribution in [2.75, 3.05) is 31.1 Å². The molecule has 0 bridgehead atoms. The van der Waals surface area contributed by atoms with Crippen molar-refractivity contribution in [3.63, 3.8) is 0 Å². The first-order chi connectivity index (χ1) is 11.8. The van der Waals surface area contributed by atoms with Gasteiger partial charge in [0.15, 0.2) is 0 Å². The maximum absolute atomic E-state index is 12.6. The molecule has 10 heteroatoms. The Kier molecular flexibility index (Phi) is 4.43. The van der Waals surface area contributed by atoms with Crippen LogP contribution < -0.4 is 15.4 Å². The average molecular weight is 354 g/mol. The van der Waals surface area contributed by atoms with Gasteiger partial charge in [-0.15, -0.1) is 0 Å². The third-order valence-electron chi connectivity index (χ3n) is 3.93. The van der Waals surface area contributed by atoms with Gasteiger partial charge in [0.1, 0.15) is 25.0 Å². The van der Waals surface area contributed by atoms with Gasteiger partial charge in [-0.25, -0.2) is 10.1 Å². The number of hydrogen-bond acceptors (Lipinski definition) is 4. The van der Waals surface area contributed by atoms with E-state index in [-0.39, 0.29) is 17.2 Å². The van der Waals surface area contributed by atoms with Crippen LogP contribution >= 0.6 is 0 Å². The molecule has 1 aliphatic heterocycles. The zero-order chi connectivity index (χ0) is 18.0. The van der Waals surface area contributed by atoms with Gasteiger partial charge in [0, 0.05) is 12.1 Å². The van der Waals surface area contributed by atoms with E-state index < -0.39 is 11.7 Å². The molecule has 2 N–H and O–H groups in total. The number of aromatic nitrogens is 3. The van der Waals surface area contributed by atoms with Crippen LogP contribution in [0.15, 0.2) is 35.3 Å². The lowest BCUT2D eigenvalue weighted by Gasteiger charge is -2.30. The Hall–Kier alpha value is -2.91. The fourth-order valence-electron chi connectivity index (χ4n) is 2.57. The summed E-state index contributed by atoms with van der Waals surface area (Å²) in [6.45, 7) is 1.73. The van der Waals surface area contributed by atoms with E-state index >= 15 is 0 Å². The molecule has 1 fully saturated rings. The maximum atomic E-state index is 12.6. The van der Waals surface area contributed by atoms with E-state index in [0.29, 0.717) is 32.0 Å². The van der Waals surface area contributed by atoms with Gasteiger partial charge >= 0.3 is 6.18 Å². The first-order valence-electron chi connectivity index (χ1n) is 7.53. The van der Waals surface area contributed by atoms with Crippen LogP contribution in [0, 0.1) is 0 Å². The molecule has 0 aromatic carbocycles. The SMILES string of the molecule is O=C(c1ccc(=O)[nH]n1)N1CCN(c2ccc(C(F)(F)F)c[nH+]2)CC1. The summed E-state index contributed by atoms with van der Waals surface area (Å²) in [5.74, 6) is 0.259. The molecule has 0 radical (unpaired) electrons. The Balaban J connectivity index is 1.62. The van der Waals surface area contributed by atoms with Crippen LogP contribution in [-0.4, -0.2) is 47.2 Å². The Labute approximate surface area is 140 Å². The van der Waals surface area contributed by atoms with Crippen molar-refractivity contribution in [3.8, 4) is 0 Å². The lowest BCUT2D eigenvalue weighted by Crippen LogP contribution is -2.50. The third-order valence-corrected chi connectivity index (χ3v) is 3.93. The van der Waals surface area contributed by atoms with Gasteiger partial charge in [0.2, 0.25) is 0 Å². The second-order valence-corrected chi connectivity index (χ2v) is 5.55. The normalized spacial score (nSPS) is 15.3. The van der Waals surface area contributed by atoms with Crippen LogP contribution in [0.1, 0.15) is 16.1 Å².